The number of sulfone groups is 1. The summed E-state index contributed by atoms with van der Waals surface area (Å²) in [5.74, 6) is -0.226. The molecule has 8 heteroatoms. The van der Waals surface area contributed by atoms with Gasteiger partial charge in [-0.3, -0.25) is 4.79 Å². The number of carbonyl (C=O) groups is 1. The molecular formula is C13H15Br2NO4S. The summed E-state index contributed by atoms with van der Waals surface area (Å²) in [5, 5.41) is 9.18. The molecule has 1 aliphatic rings. The number of amides is 1. The number of hydrogen-bond acceptors (Lipinski definition) is 4. The van der Waals surface area contributed by atoms with Crippen LogP contribution in [0.5, 0.6) is 0 Å². The number of benzene rings is 1. The van der Waals surface area contributed by atoms with Crippen LogP contribution in [-0.2, 0) is 9.84 Å². The number of halogens is 2. The maximum Gasteiger partial charge on any atom is 0.255 e. The molecule has 0 saturated carbocycles. The van der Waals surface area contributed by atoms with Crippen molar-refractivity contribution in [2.45, 2.75) is 12.5 Å². The molecule has 0 radical (unpaired) electrons. The zero-order chi connectivity index (χ0) is 15.6. The van der Waals surface area contributed by atoms with Crippen LogP contribution in [0.25, 0.3) is 0 Å². The Morgan fingerprint density at radius 2 is 2.10 bits per heavy atom. The number of carbonyl (C=O) groups excluding carboxylic acids is 1. The van der Waals surface area contributed by atoms with Gasteiger partial charge in [-0.25, -0.2) is 8.42 Å². The van der Waals surface area contributed by atoms with Crippen LogP contribution < -0.4 is 0 Å². The molecule has 5 nitrogen and oxygen atoms in total. The van der Waals surface area contributed by atoms with Crippen LogP contribution in [0.4, 0.5) is 0 Å². The summed E-state index contributed by atoms with van der Waals surface area (Å²) in [5.41, 5.74) is 0.446. The first-order chi connectivity index (χ1) is 9.84. The highest BCUT2D eigenvalue weighted by Gasteiger charge is 2.35. The van der Waals surface area contributed by atoms with Gasteiger partial charge in [-0.15, -0.1) is 0 Å². The third-order valence-electron chi connectivity index (χ3n) is 3.41. The summed E-state index contributed by atoms with van der Waals surface area (Å²) in [6, 6.07) is 4.86. The highest BCUT2D eigenvalue weighted by atomic mass is 79.9. The molecule has 1 aromatic carbocycles. The normalized spacial score (nSPS) is 20.4. The van der Waals surface area contributed by atoms with Crippen LogP contribution >= 0.6 is 31.9 Å². The first-order valence-corrected chi connectivity index (χ1v) is 9.82. The van der Waals surface area contributed by atoms with E-state index in [1.54, 1.807) is 18.2 Å². The molecule has 2 rings (SSSR count). The van der Waals surface area contributed by atoms with Crippen LogP contribution in [-0.4, -0.2) is 55.0 Å². The highest BCUT2D eigenvalue weighted by Crippen LogP contribution is 2.26. The van der Waals surface area contributed by atoms with Crippen molar-refractivity contribution in [3.05, 3.63) is 32.7 Å². The van der Waals surface area contributed by atoms with Crippen molar-refractivity contribution < 1.29 is 18.3 Å². The SMILES string of the molecule is O=C(c1cc(Br)ccc1Br)N(CCO)C1CCS(=O)(=O)C1. The fourth-order valence-corrected chi connectivity index (χ4v) is 4.90. The number of hydrogen-bond donors (Lipinski definition) is 1. The monoisotopic (exact) mass is 439 g/mol. The lowest BCUT2D eigenvalue weighted by atomic mass is 10.1. The van der Waals surface area contributed by atoms with Gasteiger partial charge >= 0.3 is 0 Å². The summed E-state index contributed by atoms with van der Waals surface area (Å²) in [6.07, 6.45) is 0.416. The Labute approximate surface area is 140 Å². The first-order valence-electron chi connectivity index (χ1n) is 6.41. The topological polar surface area (TPSA) is 74.7 Å². The zero-order valence-electron chi connectivity index (χ0n) is 11.1. The smallest absolute Gasteiger partial charge is 0.255 e. The van der Waals surface area contributed by atoms with E-state index in [4.69, 9.17) is 0 Å². The molecule has 116 valence electrons. The van der Waals surface area contributed by atoms with Gasteiger partial charge in [0.05, 0.1) is 23.7 Å². The predicted molar refractivity (Wildman–Crippen MR) is 87.0 cm³/mol. The maximum atomic E-state index is 12.7. The predicted octanol–water partition coefficient (Wildman–Crippen LogP) is 1.83. The largest absolute Gasteiger partial charge is 0.395 e. The second kappa shape index (κ2) is 6.76. The van der Waals surface area contributed by atoms with E-state index < -0.39 is 9.84 Å². The van der Waals surface area contributed by atoms with Crippen molar-refractivity contribution in [2.75, 3.05) is 24.7 Å². The molecule has 1 unspecified atom stereocenters. The summed E-state index contributed by atoms with van der Waals surface area (Å²) in [6.45, 7) is -0.0775. The van der Waals surface area contributed by atoms with Crippen molar-refractivity contribution in [3.63, 3.8) is 0 Å². The lowest BCUT2D eigenvalue weighted by molar-refractivity contribution is 0.0654. The molecule has 0 aromatic heterocycles. The van der Waals surface area contributed by atoms with Gasteiger partial charge in [-0.1, -0.05) is 15.9 Å². The van der Waals surface area contributed by atoms with E-state index >= 15 is 0 Å². The molecule has 1 amide bonds. The van der Waals surface area contributed by atoms with Gasteiger partial charge < -0.3 is 10.0 Å². The minimum atomic E-state index is -3.09. The Morgan fingerprint density at radius 1 is 1.38 bits per heavy atom. The summed E-state index contributed by atoms with van der Waals surface area (Å²) >= 11 is 6.65. The van der Waals surface area contributed by atoms with E-state index in [0.717, 1.165) is 4.47 Å². The highest BCUT2D eigenvalue weighted by molar-refractivity contribution is 9.11. The number of aliphatic hydroxyl groups is 1. The van der Waals surface area contributed by atoms with Crippen LogP contribution in [0.1, 0.15) is 16.8 Å². The van der Waals surface area contributed by atoms with Crippen molar-refractivity contribution in [3.8, 4) is 0 Å². The Kier molecular flexibility index (Phi) is 5.45. The molecule has 1 aliphatic heterocycles. The first kappa shape index (κ1) is 16.9. The average molecular weight is 441 g/mol. The molecular weight excluding hydrogens is 426 g/mol. The maximum absolute atomic E-state index is 12.7. The zero-order valence-corrected chi connectivity index (χ0v) is 15.1. The average Bonchev–Trinajstić information content (AvgIpc) is 2.78. The third-order valence-corrected chi connectivity index (χ3v) is 6.34. The van der Waals surface area contributed by atoms with Crippen molar-refractivity contribution in [2.24, 2.45) is 0 Å². The van der Waals surface area contributed by atoms with Crippen molar-refractivity contribution in [1.29, 1.82) is 0 Å². The Bertz CT molecular complexity index is 648. The van der Waals surface area contributed by atoms with Crippen molar-refractivity contribution in [1.82, 2.24) is 4.90 Å². The quantitative estimate of drug-likeness (QED) is 0.774. The van der Waals surface area contributed by atoms with E-state index in [-0.39, 0.29) is 36.6 Å². The van der Waals surface area contributed by atoms with E-state index in [1.807, 2.05) is 0 Å². The van der Waals surface area contributed by atoms with Crippen LogP contribution in [0, 0.1) is 0 Å². The Morgan fingerprint density at radius 3 is 2.67 bits per heavy atom. The number of aliphatic hydroxyl groups excluding tert-OH is 1. The minimum Gasteiger partial charge on any atom is -0.395 e. The standard InChI is InChI=1S/C13H15Br2NO4S/c14-9-1-2-12(15)11(7-9)13(18)16(4-5-17)10-3-6-21(19,20)8-10/h1-2,7,10,17H,3-6,8H2. The van der Waals surface area contributed by atoms with Gasteiger partial charge in [0.25, 0.3) is 5.91 Å². The molecule has 1 heterocycles. The molecule has 1 N–H and O–H groups in total. The van der Waals surface area contributed by atoms with Gasteiger partial charge in [0, 0.05) is 21.5 Å². The van der Waals surface area contributed by atoms with Crippen LogP contribution in [0.3, 0.4) is 0 Å². The second-order valence-electron chi connectivity index (χ2n) is 4.90. The van der Waals surface area contributed by atoms with E-state index in [1.165, 1.54) is 4.90 Å². The lowest BCUT2D eigenvalue weighted by Gasteiger charge is -2.28. The molecule has 1 saturated heterocycles. The molecule has 0 bridgehead atoms. The van der Waals surface area contributed by atoms with E-state index in [9.17, 15) is 18.3 Å². The molecule has 1 atom stereocenters. The van der Waals surface area contributed by atoms with E-state index in [0.29, 0.717) is 16.5 Å². The second-order valence-corrected chi connectivity index (χ2v) is 8.90. The summed E-state index contributed by atoms with van der Waals surface area (Å²) < 4.78 is 24.6. The summed E-state index contributed by atoms with van der Waals surface area (Å²) in [4.78, 5) is 14.1. The third kappa shape index (κ3) is 4.06. The molecule has 1 aromatic rings. The molecule has 0 spiro atoms. The van der Waals surface area contributed by atoms with Gasteiger partial charge in [-0.05, 0) is 40.5 Å². The Balaban J connectivity index is 2.30. The van der Waals surface area contributed by atoms with E-state index in [2.05, 4.69) is 31.9 Å². The summed E-state index contributed by atoms with van der Waals surface area (Å²) in [7, 11) is -3.09. The van der Waals surface area contributed by atoms with Gasteiger partial charge in [0.2, 0.25) is 0 Å². The minimum absolute atomic E-state index is 0.0373. The molecule has 0 aliphatic carbocycles. The number of rotatable bonds is 4. The van der Waals surface area contributed by atoms with Crippen molar-refractivity contribution >= 4 is 47.6 Å². The fourth-order valence-electron chi connectivity index (χ4n) is 2.39. The van der Waals surface area contributed by atoms with Gasteiger partial charge in [0.1, 0.15) is 0 Å². The number of nitrogens with zero attached hydrogens (tertiary/aromatic N) is 1. The van der Waals surface area contributed by atoms with Gasteiger partial charge in [0.15, 0.2) is 9.84 Å². The molecule has 1 fully saturated rings. The lowest BCUT2D eigenvalue weighted by Crippen LogP contribution is -2.43. The van der Waals surface area contributed by atoms with Crippen LogP contribution in [0.2, 0.25) is 0 Å². The molecule has 21 heavy (non-hydrogen) atoms. The van der Waals surface area contributed by atoms with Gasteiger partial charge in [-0.2, -0.15) is 0 Å². The fraction of sp³-hybridized carbons (Fsp3) is 0.462. The van der Waals surface area contributed by atoms with Crippen LogP contribution in [0.15, 0.2) is 27.1 Å². The Hall–Kier alpha value is -0.440.